The molecular formula is C22H26O3. The van der Waals surface area contributed by atoms with Crippen molar-refractivity contribution in [2.75, 3.05) is 13.2 Å². The molecule has 1 aromatic rings. The van der Waals surface area contributed by atoms with Crippen LogP contribution in [-0.4, -0.2) is 19.0 Å². The first-order chi connectivity index (χ1) is 12.2. The largest absolute Gasteiger partial charge is 0.486 e. The number of rotatable bonds is 3. The van der Waals surface area contributed by atoms with Crippen molar-refractivity contribution in [1.29, 1.82) is 0 Å². The predicted molar refractivity (Wildman–Crippen MR) is 96.7 cm³/mol. The van der Waals surface area contributed by atoms with E-state index in [9.17, 15) is 4.79 Å². The van der Waals surface area contributed by atoms with Gasteiger partial charge in [0.25, 0.3) is 0 Å². The van der Waals surface area contributed by atoms with E-state index in [1.807, 2.05) is 30.4 Å². The Balaban J connectivity index is 1.37. The van der Waals surface area contributed by atoms with Gasteiger partial charge in [-0.3, -0.25) is 4.79 Å². The van der Waals surface area contributed by atoms with E-state index in [1.165, 1.54) is 25.7 Å². The van der Waals surface area contributed by atoms with Crippen LogP contribution in [0.5, 0.6) is 11.5 Å². The summed E-state index contributed by atoms with van der Waals surface area (Å²) in [5.41, 5.74) is 0.947. The lowest BCUT2D eigenvalue weighted by Gasteiger charge is -2.38. The van der Waals surface area contributed by atoms with Crippen molar-refractivity contribution in [1.82, 2.24) is 0 Å². The molecule has 4 aliphatic rings. The Kier molecular flexibility index (Phi) is 3.65. The lowest BCUT2D eigenvalue weighted by atomic mass is 9.65. The Morgan fingerprint density at radius 1 is 1.08 bits per heavy atom. The maximum atomic E-state index is 13.2. The van der Waals surface area contributed by atoms with Gasteiger partial charge >= 0.3 is 0 Å². The number of hydrogen-bond acceptors (Lipinski definition) is 3. The van der Waals surface area contributed by atoms with Crippen LogP contribution in [0.15, 0.2) is 24.3 Å². The number of fused-ring (bicyclic) bond motifs is 3. The Labute approximate surface area is 149 Å². The van der Waals surface area contributed by atoms with Gasteiger partial charge in [0.1, 0.15) is 13.2 Å². The summed E-state index contributed by atoms with van der Waals surface area (Å²) in [7, 11) is 0. The summed E-state index contributed by atoms with van der Waals surface area (Å²) >= 11 is 0. The highest BCUT2D eigenvalue weighted by atomic mass is 16.6. The van der Waals surface area contributed by atoms with Gasteiger partial charge in [0.05, 0.1) is 0 Å². The Morgan fingerprint density at radius 2 is 1.92 bits per heavy atom. The van der Waals surface area contributed by atoms with Gasteiger partial charge in [0.2, 0.25) is 0 Å². The maximum Gasteiger partial charge on any atom is 0.161 e. The summed E-state index contributed by atoms with van der Waals surface area (Å²) in [6.07, 6.45) is 12.5. The van der Waals surface area contributed by atoms with Crippen LogP contribution in [0, 0.1) is 23.2 Å². The third-order valence-corrected chi connectivity index (χ3v) is 7.02. The second-order valence-electron chi connectivity index (χ2n) is 8.54. The lowest BCUT2D eigenvalue weighted by Crippen LogP contribution is -2.35. The third-order valence-electron chi connectivity index (χ3n) is 7.02. The molecule has 1 aromatic carbocycles. The zero-order valence-electron chi connectivity index (χ0n) is 14.7. The summed E-state index contributed by atoms with van der Waals surface area (Å²) in [5, 5.41) is 0. The van der Waals surface area contributed by atoms with Gasteiger partial charge in [0.15, 0.2) is 17.3 Å². The van der Waals surface area contributed by atoms with Gasteiger partial charge in [-0.25, -0.2) is 0 Å². The summed E-state index contributed by atoms with van der Waals surface area (Å²) in [5.74, 6) is 4.46. The number of benzene rings is 1. The van der Waals surface area contributed by atoms with E-state index in [1.54, 1.807) is 0 Å². The standard InChI is InChI=1S/C22H26O3/c23-21(6-4-15-3-5-19-20(12-15)25-9-8-24-19)22-7-1-2-17-10-16(13-22)11-18(17)14-22/h3-6,12,16-18H,1-2,7-11,13-14H2/b6-4+. The molecule has 0 radical (unpaired) electrons. The van der Waals surface area contributed by atoms with Gasteiger partial charge < -0.3 is 9.47 Å². The molecule has 3 aliphatic carbocycles. The first-order valence-corrected chi connectivity index (χ1v) is 9.84. The van der Waals surface area contributed by atoms with E-state index < -0.39 is 0 Å². The smallest absolute Gasteiger partial charge is 0.161 e. The number of allylic oxidation sites excluding steroid dienone is 1. The second kappa shape index (κ2) is 5.89. The molecular weight excluding hydrogens is 312 g/mol. The highest BCUT2D eigenvalue weighted by Crippen LogP contribution is 2.59. The van der Waals surface area contributed by atoms with Crippen LogP contribution < -0.4 is 9.47 Å². The van der Waals surface area contributed by atoms with Crippen molar-refractivity contribution in [3.63, 3.8) is 0 Å². The van der Waals surface area contributed by atoms with Crippen LogP contribution in [0.3, 0.4) is 0 Å². The van der Waals surface area contributed by atoms with Gasteiger partial charge in [0, 0.05) is 5.41 Å². The monoisotopic (exact) mass is 338 g/mol. The molecule has 132 valence electrons. The fourth-order valence-electron chi connectivity index (χ4n) is 5.99. The molecule has 5 rings (SSSR count). The molecule has 0 aromatic heterocycles. The zero-order valence-corrected chi connectivity index (χ0v) is 14.7. The highest BCUT2D eigenvalue weighted by Gasteiger charge is 2.52. The zero-order chi connectivity index (χ0) is 16.9. The van der Waals surface area contributed by atoms with Crippen LogP contribution in [0.4, 0.5) is 0 Å². The average Bonchev–Trinajstić information content (AvgIpc) is 2.85. The molecule has 4 atom stereocenters. The molecule has 4 unspecified atom stereocenters. The Hall–Kier alpha value is -1.77. The quantitative estimate of drug-likeness (QED) is 0.753. The summed E-state index contributed by atoms with van der Waals surface area (Å²) < 4.78 is 11.2. The molecule has 0 amide bonds. The number of ketones is 1. The SMILES string of the molecule is O=C(/C=C/c1ccc2c(c1)OCCO2)C12CCCC3CC(CC3C1)C2. The van der Waals surface area contributed by atoms with E-state index in [0.717, 1.165) is 54.1 Å². The number of carbonyl (C=O) groups excluding carboxylic acids is 1. The predicted octanol–water partition coefficient (Wildman–Crippen LogP) is 4.65. The van der Waals surface area contributed by atoms with E-state index >= 15 is 0 Å². The fourth-order valence-corrected chi connectivity index (χ4v) is 5.99. The minimum absolute atomic E-state index is 0.0663. The number of ether oxygens (including phenoxy) is 2. The Morgan fingerprint density at radius 3 is 2.84 bits per heavy atom. The first-order valence-electron chi connectivity index (χ1n) is 9.84. The lowest BCUT2D eigenvalue weighted by molar-refractivity contribution is -0.127. The number of carbonyl (C=O) groups is 1. The van der Waals surface area contributed by atoms with Gasteiger partial charge in [-0.15, -0.1) is 0 Å². The van der Waals surface area contributed by atoms with Gasteiger partial charge in [-0.2, -0.15) is 0 Å². The van der Waals surface area contributed by atoms with Crippen LogP contribution in [0.1, 0.15) is 50.5 Å². The molecule has 3 heteroatoms. The first kappa shape index (κ1) is 15.5. The third kappa shape index (κ3) is 2.68. The summed E-state index contributed by atoms with van der Waals surface area (Å²) in [6, 6.07) is 5.92. The second-order valence-corrected chi connectivity index (χ2v) is 8.54. The highest BCUT2D eigenvalue weighted by molar-refractivity contribution is 5.98. The fraction of sp³-hybridized carbons (Fsp3) is 0.591. The van der Waals surface area contributed by atoms with Crippen LogP contribution in [-0.2, 0) is 4.79 Å². The molecule has 1 aliphatic heterocycles. The van der Waals surface area contributed by atoms with E-state index in [2.05, 4.69) is 0 Å². The molecule has 0 N–H and O–H groups in total. The van der Waals surface area contributed by atoms with Crippen molar-refractivity contribution in [2.45, 2.75) is 44.9 Å². The topological polar surface area (TPSA) is 35.5 Å². The summed E-state index contributed by atoms with van der Waals surface area (Å²) in [4.78, 5) is 13.2. The summed E-state index contributed by atoms with van der Waals surface area (Å²) in [6.45, 7) is 1.19. The van der Waals surface area contributed by atoms with Crippen molar-refractivity contribution in [2.24, 2.45) is 23.2 Å². The molecule has 0 spiro atoms. The van der Waals surface area contributed by atoms with Crippen molar-refractivity contribution >= 4 is 11.9 Å². The average molecular weight is 338 g/mol. The molecule has 1 heterocycles. The normalized spacial score (nSPS) is 35.8. The molecule has 3 nitrogen and oxygen atoms in total. The molecule has 3 saturated carbocycles. The van der Waals surface area contributed by atoms with E-state index in [-0.39, 0.29) is 5.41 Å². The molecule has 3 bridgehead atoms. The van der Waals surface area contributed by atoms with Gasteiger partial charge in [-0.1, -0.05) is 25.0 Å². The molecule has 3 fully saturated rings. The molecule has 25 heavy (non-hydrogen) atoms. The van der Waals surface area contributed by atoms with E-state index in [4.69, 9.17) is 9.47 Å². The van der Waals surface area contributed by atoms with Crippen LogP contribution >= 0.6 is 0 Å². The van der Waals surface area contributed by atoms with Crippen LogP contribution in [0.25, 0.3) is 6.08 Å². The Bertz CT molecular complexity index is 722. The van der Waals surface area contributed by atoms with E-state index in [0.29, 0.717) is 19.0 Å². The van der Waals surface area contributed by atoms with Crippen molar-refractivity contribution in [3.05, 3.63) is 29.8 Å². The van der Waals surface area contributed by atoms with Crippen molar-refractivity contribution in [3.8, 4) is 11.5 Å². The maximum absolute atomic E-state index is 13.2. The molecule has 0 saturated heterocycles. The van der Waals surface area contributed by atoms with Gasteiger partial charge in [-0.05, 0) is 73.6 Å². The number of hydrogen-bond donors (Lipinski definition) is 0. The minimum Gasteiger partial charge on any atom is -0.486 e. The van der Waals surface area contributed by atoms with Crippen molar-refractivity contribution < 1.29 is 14.3 Å². The minimum atomic E-state index is -0.0663. The van der Waals surface area contributed by atoms with Crippen LogP contribution in [0.2, 0.25) is 0 Å².